The first-order valence-corrected chi connectivity index (χ1v) is 8.93. The molecule has 3 rings (SSSR count). The number of halogens is 1. The number of carbonyl (C=O) groups is 1. The minimum atomic E-state index is -0.590. The Morgan fingerprint density at radius 1 is 1.38 bits per heavy atom. The van der Waals surface area contributed by atoms with E-state index in [2.05, 4.69) is 27.3 Å². The summed E-state index contributed by atoms with van der Waals surface area (Å²) >= 11 is 4.98. The van der Waals surface area contributed by atoms with Crippen molar-refractivity contribution in [3.05, 3.63) is 44.6 Å². The van der Waals surface area contributed by atoms with Gasteiger partial charge < -0.3 is 5.32 Å². The van der Waals surface area contributed by atoms with Gasteiger partial charge in [0.2, 0.25) is 5.91 Å². The highest BCUT2D eigenvalue weighted by atomic mass is 79.9. The zero-order chi connectivity index (χ0) is 17.5. The number of nitrogens with one attached hydrogen (secondary N) is 2. The second-order valence-electron chi connectivity index (χ2n) is 5.98. The number of hydrogen-bond acceptors (Lipinski definition) is 4. The normalized spacial score (nSPS) is 20.7. The molecule has 1 atom stereocenters. The van der Waals surface area contributed by atoms with E-state index >= 15 is 0 Å². The summed E-state index contributed by atoms with van der Waals surface area (Å²) in [7, 11) is 1.60. The number of hydrogen-bond donors (Lipinski definition) is 2. The molecule has 2 aromatic rings. The summed E-state index contributed by atoms with van der Waals surface area (Å²) in [5.41, 5.74) is 1.94. The second kappa shape index (κ2) is 6.04. The van der Waals surface area contributed by atoms with Gasteiger partial charge in [-0.3, -0.25) is 15.1 Å². The van der Waals surface area contributed by atoms with Crippen LogP contribution in [0.1, 0.15) is 23.8 Å². The summed E-state index contributed by atoms with van der Waals surface area (Å²) in [6, 6.07) is 9.75. The average Bonchev–Trinajstić information content (AvgIpc) is 3.03. The fourth-order valence-electron chi connectivity index (χ4n) is 2.68. The summed E-state index contributed by atoms with van der Waals surface area (Å²) in [5.74, 6) is 0.0309. The number of amides is 1. The highest BCUT2D eigenvalue weighted by Crippen LogP contribution is 2.37. The summed E-state index contributed by atoms with van der Waals surface area (Å²) in [5, 5.41) is 22.2. The molecule has 2 N–H and O–H groups in total. The topological polar surface area (TPSA) is 80.0 Å². The van der Waals surface area contributed by atoms with E-state index in [0.717, 1.165) is 20.5 Å². The first-order chi connectivity index (χ1) is 11.3. The lowest BCUT2D eigenvalue weighted by atomic mass is 9.92. The van der Waals surface area contributed by atoms with Gasteiger partial charge in [0.1, 0.15) is 0 Å². The number of guanidine groups is 1. The Hall–Kier alpha value is -2.17. The number of benzene rings is 1. The fourth-order valence-corrected chi connectivity index (χ4v) is 4.21. The lowest BCUT2D eigenvalue weighted by Crippen LogP contribution is -2.57. The van der Waals surface area contributed by atoms with E-state index in [1.54, 1.807) is 24.5 Å². The molecule has 24 heavy (non-hydrogen) atoms. The number of rotatable bonds is 2. The van der Waals surface area contributed by atoms with Gasteiger partial charge >= 0.3 is 0 Å². The summed E-state index contributed by atoms with van der Waals surface area (Å²) in [6.07, 6.45) is 0.299. The first-order valence-electron chi connectivity index (χ1n) is 7.26. The Morgan fingerprint density at radius 2 is 2.12 bits per heavy atom. The Bertz CT molecular complexity index is 865. The molecule has 1 aromatic carbocycles. The van der Waals surface area contributed by atoms with Crippen LogP contribution in [0, 0.1) is 16.7 Å². The molecular formula is C17H15BrN4OS. The summed E-state index contributed by atoms with van der Waals surface area (Å²) in [6.45, 7) is 1.93. The third-order valence-corrected chi connectivity index (χ3v) is 5.76. The monoisotopic (exact) mass is 402 g/mol. The highest BCUT2D eigenvalue weighted by molar-refractivity contribution is 9.10. The molecule has 1 amide bonds. The minimum Gasteiger partial charge on any atom is -0.345 e. The van der Waals surface area contributed by atoms with Crippen LogP contribution in [-0.2, 0) is 10.3 Å². The van der Waals surface area contributed by atoms with Crippen molar-refractivity contribution >= 4 is 39.1 Å². The molecule has 0 saturated carbocycles. The molecule has 1 fully saturated rings. The predicted octanol–water partition coefficient (Wildman–Crippen LogP) is 3.65. The van der Waals surface area contributed by atoms with Crippen LogP contribution in [0.4, 0.5) is 0 Å². The van der Waals surface area contributed by atoms with Crippen LogP contribution in [-0.4, -0.2) is 23.8 Å². The lowest BCUT2D eigenvalue weighted by molar-refractivity contribution is -0.129. The van der Waals surface area contributed by atoms with Gasteiger partial charge in [-0.1, -0.05) is 15.9 Å². The van der Waals surface area contributed by atoms with Crippen molar-refractivity contribution in [3.63, 3.8) is 0 Å². The summed E-state index contributed by atoms with van der Waals surface area (Å²) in [4.78, 5) is 14.4. The van der Waals surface area contributed by atoms with Crippen LogP contribution in [0.25, 0.3) is 11.1 Å². The lowest BCUT2D eigenvalue weighted by Gasteiger charge is -2.38. The maximum atomic E-state index is 12.1. The van der Waals surface area contributed by atoms with Crippen LogP contribution < -0.4 is 5.32 Å². The molecule has 5 nitrogen and oxygen atoms in total. The second-order valence-corrected chi connectivity index (χ2v) is 7.80. The van der Waals surface area contributed by atoms with Crippen LogP contribution in [0.2, 0.25) is 0 Å². The Labute approximate surface area is 152 Å². The van der Waals surface area contributed by atoms with E-state index in [4.69, 9.17) is 10.7 Å². The van der Waals surface area contributed by atoms with E-state index in [1.807, 2.05) is 30.5 Å². The van der Waals surface area contributed by atoms with Crippen LogP contribution >= 0.6 is 27.3 Å². The number of nitriles is 1. The molecule has 0 radical (unpaired) electrons. The molecule has 1 saturated heterocycles. The maximum absolute atomic E-state index is 12.1. The molecule has 1 aliphatic rings. The first kappa shape index (κ1) is 16.7. The van der Waals surface area contributed by atoms with Gasteiger partial charge in [0, 0.05) is 16.4 Å². The number of carbonyl (C=O) groups excluding carboxylic acids is 1. The molecule has 0 spiro atoms. The van der Waals surface area contributed by atoms with Crippen molar-refractivity contribution in [2.24, 2.45) is 0 Å². The smallest absolute Gasteiger partial charge is 0.231 e. The van der Waals surface area contributed by atoms with E-state index < -0.39 is 5.54 Å². The average molecular weight is 403 g/mol. The third-order valence-electron chi connectivity index (χ3n) is 4.11. The van der Waals surface area contributed by atoms with Crippen molar-refractivity contribution in [2.75, 3.05) is 7.05 Å². The maximum Gasteiger partial charge on any atom is 0.231 e. The van der Waals surface area contributed by atoms with Gasteiger partial charge in [-0.15, -0.1) is 11.3 Å². The van der Waals surface area contributed by atoms with Gasteiger partial charge in [0.15, 0.2) is 5.96 Å². The van der Waals surface area contributed by atoms with Gasteiger partial charge in [-0.05, 0) is 47.7 Å². The Kier molecular flexibility index (Phi) is 4.20. The van der Waals surface area contributed by atoms with Crippen LogP contribution in [0.5, 0.6) is 0 Å². The van der Waals surface area contributed by atoms with Gasteiger partial charge in [0.05, 0.1) is 23.6 Å². The molecule has 2 heterocycles. The van der Waals surface area contributed by atoms with E-state index in [1.165, 1.54) is 4.90 Å². The minimum absolute atomic E-state index is 0.0783. The SMILES string of the molecule is CN1C(=N)N[C@@](C)(c2cc(-c3cc(Br)cc(C#N)c3)cs2)CC1=O. The van der Waals surface area contributed by atoms with Crippen LogP contribution in [0.3, 0.4) is 0 Å². The molecule has 1 aromatic heterocycles. The molecule has 0 bridgehead atoms. The van der Waals surface area contributed by atoms with Gasteiger partial charge in [-0.25, -0.2) is 0 Å². The van der Waals surface area contributed by atoms with E-state index in [-0.39, 0.29) is 11.9 Å². The van der Waals surface area contributed by atoms with E-state index in [9.17, 15) is 4.79 Å². The van der Waals surface area contributed by atoms with Crippen molar-refractivity contribution in [1.82, 2.24) is 10.2 Å². The molecular weight excluding hydrogens is 388 g/mol. The van der Waals surface area contributed by atoms with Gasteiger partial charge in [-0.2, -0.15) is 5.26 Å². The van der Waals surface area contributed by atoms with Crippen molar-refractivity contribution < 1.29 is 4.79 Å². The third kappa shape index (κ3) is 2.95. The zero-order valence-electron chi connectivity index (χ0n) is 13.2. The predicted molar refractivity (Wildman–Crippen MR) is 97.8 cm³/mol. The Balaban J connectivity index is 1.97. The number of thiophene rings is 1. The molecule has 7 heteroatoms. The van der Waals surface area contributed by atoms with E-state index in [0.29, 0.717) is 12.0 Å². The number of nitrogens with zero attached hydrogens (tertiary/aromatic N) is 2. The van der Waals surface area contributed by atoms with Gasteiger partial charge in [0.25, 0.3) is 0 Å². The van der Waals surface area contributed by atoms with Crippen molar-refractivity contribution in [3.8, 4) is 17.2 Å². The summed E-state index contributed by atoms with van der Waals surface area (Å²) < 4.78 is 0.852. The molecule has 1 aliphatic heterocycles. The van der Waals surface area contributed by atoms with Crippen molar-refractivity contribution in [2.45, 2.75) is 18.9 Å². The quantitative estimate of drug-likeness (QED) is 0.804. The largest absolute Gasteiger partial charge is 0.345 e. The Morgan fingerprint density at radius 3 is 2.79 bits per heavy atom. The zero-order valence-corrected chi connectivity index (χ0v) is 15.6. The molecule has 122 valence electrons. The van der Waals surface area contributed by atoms with Crippen molar-refractivity contribution in [1.29, 1.82) is 10.7 Å². The highest BCUT2D eigenvalue weighted by Gasteiger charge is 2.38. The molecule has 0 unspecified atom stereocenters. The standard InChI is InChI=1S/C17H15BrN4OS/c1-17(7-15(23)22(2)16(20)21-17)14-6-12(9-24-14)11-3-10(8-19)4-13(18)5-11/h3-6,9H,7H2,1-2H3,(H2,20,21)/t17-/m1/s1. The fraction of sp³-hybridized carbons (Fsp3) is 0.235. The molecule has 0 aliphatic carbocycles. The van der Waals surface area contributed by atoms with Crippen LogP contribution in [0.15, 0.2) is 34.1 Å².